The third-order valence-corrected chi connectivity index (χ3v) is 1.96. The molecule has 0 heterocycles. The molecule has 0 unspecified atom stereocenters. The van der Waals surface area contributed by atoms with Gasteiger partial charge in [0.15, 0.2) is 0 Å². The summed E-state index contributed by atoms with van der Waals surface area (Å²) in [6.07, 6.45) is 0.254. The van der Waals surface area contributed by atoms with Gasteiger partial charge in [-0.25, -0.2) is 0 Å². The molecule has 0 bridgehead atoms. The van der Waals surface area contributed by atoms with Crippen LogP contribution in [0.15, 0.2) is 24.3 Å². The van der Waals surface area contributed by atoms with Crippen LogP contribution in [0.5, 0.6) is 5.75 Å². The Bertz CT molecular complexity index is 371. The molecule has 0 saturated heterocycles. The largest absolute Gasteiger partial charge is 0.707 e. The highest BCUT2D eigenvalue weighted by atomic mass is 16.6. The van der Waals surface area contributed by atoms with Crippen molar-refractivity contribution in [3.05, 3.63) is 24.3 Å². The van der Waals surface area contributed by atoms with Crippen molar-refractivity contribution in [1.82, 2.24) is 0 Å². The van der Waals surface area contributed by atoms with Gasteiger partial charge >= 0.3 is 13.3 Å². The maximum Gasteiger partial charge on any atom is 0.707 e. The molecule has 17 heavy (non-hydrogen) atoms. The van der Waals surface area contributed by atoms with E-state index in [1.54, 1.807) is 24.3 Å². The van der Waals surface area contributed by atoms with Crippen LogP contribution in [0.2, 0.25) is 0 Å². The van der Waals surface area contributed by atoms with Crippen molar-refractivity contribution in [2.24, 2.45) is 0 Å². The van der Waals surface area contributed by atoms with Crippen LogP contribution in [0.3, 0.4) is 0 Å². The van der Waals surface area contributed by atoms with E-state index in [2.05, 4.69) is 14.7 Å². The summed E-state index contributed by atoms with van der Waals surface area (Å²) in [5.41, 5.74) is 0.715. The smallest absolute Gasteiger partial charge is 0.512 e. The second-order valence-corrected chi connectivity index (χ2v) is 3.22. The molecule has 0 atom stereocenters. The van der Waals surface area contributed by atoms with Crippen LogP contribution in [0.25, 0.3) is 0 Å². The van der Waals surface area contributed by atoms with Gasteiger partial charge in [0, 0.05) is 18.3 Å². The highest BCUT2D eigenvalue weighted by molar-refractivity contribution is 6.33. The summed E-state index contributed by atoms with van der Waals surface area (Å²) in [6.45, 7) is 0.428. The van der Waals surface area contributed by atoms with Gasteiger partial charge in [-0.3, -0.25) is 4.79 Å². The van der Waals surface area contributed by atoms with E-state index in [-0.39, 0.29) is 12.4 Å². The topological polar surface area (TPSA) is 88.0 Å². The SMILES string of the molecule is COC(=O)CCNc1cccc(OB(O)O)c1. The van der Waals surface area contributed by atoms with Crippen molar-refractivity contribution in [2.45, 2.75) is 6.42 Å². The first kappa shape index (κ1) is 13.3. The van der Waals surface area contributed by atoms with Crippen LogP contribution in [0.4, 0.5) is 5.69 Å². The lowest BCUT2D eigenvalue weighted by Crippen LogP contribution is -2.20. The van der Waals surface area contributed by atoms with Crippen LogP contribution in [-0.2, 0) is 9.53 Å². The first-order chi connectivity index (χ1) is 8.11. The van der Waals surface area contributed by atoms with Gasteiger partial charge in [0.05, 0.1) is 13.5 Å². The van der Waals surface area contributed by atoms with Gasteiger partial charge in [-0.15, -0.1) is 0 Å². The number of benzene rings is 1. The fourth-order valence-electron chi connectivity index (χ4n) is 1.21. The number of hydrogen-bond acceptors (Lipinski definition) is 6. The van der Waals surface area contributed by atoms with Gasteiger partial charge in [0.2, 0.25) is 0 Å². The quantitative estimate of drug-likeness (QED) is 0.478. The predicted octanol–water partition coefficient (Wildman–Crippen LogP) is 0.00990. The average Bonchev–Trinajstić information content (AvgIpc) is 2.28. The van der Waals surface area contributed by atoms with Crippen LogP contribution in [0.1, 0.15) is 6.42 Å². The van der Waals surface area contributed by atoms with Crippen molar-refractivity contribution in [3.8, 4) is 5.75 Å². The Kier molecular flexibility index (Phi) is 5.31. The summed E-state index contributed by atoms with van der Waals surface area (Å²) >= 11 is 0. The fourth-order valence-corrected chi connectivity index (χ4v) is 1.21. The zero-order valence-electron chi connectivity index (χ0n) is 9.42. The van der Waals surface area contributed by atoms with Crippen molar-refractivity contribution < 1.29 is 24.2 Å². The third-order valence-electron chi connectivity index (χ3n) is 1.96. The Morgan fingerprint density at radius 1 is 1.47 bits per heavy atom. The van der Waals surface area contributed by atoms with E-state index >= 15 is 0 Å². The molecule has 0 aliphatic heterocycles. The van der Waals surface area contributed by atoms with Gasteiger partial charge < -0.3 is 24.8 Å². The Labute approximate surface area is 99.3 Å². The molecule has 0 saturated carbocycles. The van der Waals surface area contributed by atoms with Crippen LogP contribution >= 0.6 is 0 Å². The Morgan fingerprint density at radius 3 is 2.88 bits per heavy atom. The molecule has 1 rings (SSSR count). The molecule has 0 radical (unpaired) electrons. The Balaban J connectivity index is 2.45. The zero-order chi connectivity index (χ0) is 12.7. The van der Waals surface area contributed by atoms with E-state index in [1.807, 2.05) is 0 Å². The lowest BCUT2D eigenvalue weighted by Gasteiger charge is -2.08. The first-order valence-electron chi connectivity index (χ1n) is 5.05. The van der Waals surface area contributed by atoms with Gasteiger partial charge in [-0.2, -0.15) is 0 Å². The molecule has 0 aliphatic carbocycles. The molecule has 1 aromatic carbocycles. The van der Waals surface area contributed by atoms with E-state index in [1.165, 1.54) is 7.11 Å². The average molecular weight is 239 g/mol. The number of methoxy groups -OCH3 is 1. The molecule has 1 aromatic rings. The van der Waals surface area contributed by atoms with E-state index in [4.69, 9.17) is 10.0 Å². The molecule has 3 N–H and O–H groups in total. The van der Waals surface area contributed by atoms with E-state index in [0.29, 0.717) is 18.0 Å². The fraction of sp³-hybridized carbons (Fsp3) is 0.300. The van der Waals surface area contributed by atoms with E-state index < -0.39 is 7.32 Å². The molecule has 92 valence electrons. The third kappa shape index (κ3) is 5.23. The molecular weight excluding hydrogens is 225 g/mol. The highest BCUT2D eigenvalue weighted by Gasteiger charge is 2.11. The van der Waals surface area contributed by atoms with Crippen molar-refractivity contribution in [1.29, 1.82) is 0 Å². The van der Waals surface area contributed by atoms with Gasteiger partial charge in [-0.05, 0) is 12.1 Å². The van der Waals surface area contributed by atoms with Crippen LogP contribution < -0.4 is 9.97 Å². The molecule has 0 aliphatic rings. The summed E-state index contributed by atoms with van der Waals surface area (Å²) in [5, 5.41) is 20.2. The Hall–Kier alpha value is -1.73. The number of nitrogens with one attached hydrogen (secondary N) is 1. The molecule has 0 fully saturated rings. The lowest BCUT2D eigenvalue weighted by molar-refractivity contribution is -0.140. The summed E-state index contributed by atoms with van der Waals surface area (Å²) in [5.74, 6) is 0.0266. The molecule has 6 nitrogen and oxygen atoms in total. The summed E-state index contributed by atoms with van der Waals surface area (Å²) in [6, 6.07) is 6.65. The second-order valence-electron chi connectivity index (χ2n) is 3.22. The van der Waals surface area contributed by atoms with Gasteiger partial charge in [0.25, 0.3) is 0 Å². The van der Waals surface area contributed by atoms with Crippen molar-refractivity contribution in [3.63, 3.8) is 0 Å². The highest BCUT2D eigenvalue weighted by Crippen LogP contribution is 2.17. The molecule has 0 spiro atoms. The van der Waals surface area contributed by atoms with E-state index in [9.17, 15) is 4.79 Å². The monoisotopic (exact) mass is 239 g/mol. The Morgan fingerprint density at radius 2 is 2.24 bits per heavy atom. The number of hydrogen-bond donors (Lipinski definition) is 3. The van der Waals surface area contributed by atoms with Gasteiger partial charge in [-0.1, -0.05) is 6.07 Å². The predicted molar refractivity (Wildman–Crippen MR) is 62.4 cm³/mol. The standard InChI is InChI=1S/C10H14BNO5/c1-16-10(13)5-6-12-8-3-2-4-9(7-8)17-11(14)15/h2-4,7,12,14-15H,5-6H2,1H3. The van der Waals surface area contributed by atoms with Gasteiger partial charge in [0.1, 0.15) is 5.75 Å². The summed E-state index contributed by atoms with van der Waals surface area (Å²) in [7, 11) is -0.514. The number of carbonyl (C=O) groups excluding carboxylic acids is 1. The molecule has 7 heteroatoms. The number of anilines is 1. The normalized spacial score (nSPS) is 9.59. The van der Waals surface area contributed by atoms with Crippen LogP contribution in [0, 0.1) is 0 Å². The summed E-state index contributed by atoms with van der Waals surface area (Å²) < 4.78 is 9.18. The maximum atomic E-state index is 10.9. The summed E-state index contributed by atoms with van der Waals surface area (Å²) in [4.78, 5) is 10.9. The number of ether oxygens (including phenoxy) is 1. The van der Waals surface area contributed by atoms with Crippen LogP contribution in [-0.4, -0.2) is 37.0 Å². The van der Waals surface area contributed by atoms with Crippen molar-refractivity contribution >= 4 is 19.0 Å². The van der Waals surface area contributed by atoms with Crippen molar-refractivity contribution in [2.75, 3.05) is 19.0 Å². The minimum absolute atomic E-state index is 0.254. The zero-order valence-corrected chi connectivity index (χ0v) is 9.42. The minimum Gasteiger partial charge on any atom is -0.512 e. The number of carbonyl (C=O) groups is 1. The van der Waals surface area contributed by atoms with E-state index in [0.717, 1.165) is 0 Å². The lowest BCUT2D eigenvalue weighted by atomic mass is 10.2. The number of esters is 1. The second kappa shape index (κ2) is 6.77. The first-order valence-corrected chi connectivity index (χ1v) is 5.05. The molecular formula is C10H14BNO5. The maximum absolute atomic E-state index is 10.9. The minimum atomic E-state index is -1.85. The molecule has 0 aromatic heterocycles. The molecule has 0 amide bonds. The number of rotatable bonds is 6.